The van der Waals surface area contributed by atoms with Gasteiger partial charge in [0, 0.05) is 12.6 Å². The maximum absolute atomic E-state index is 11.5. The van der Waals surface area contributed by atoms with Crippen LogP contribution in [-0.4, -0.2) is 27.9 Å². The molecule has 0 amide bonds. The fourth-order valence-corrected chi connectivity index (χ4v) is 2.61. The molecule has 0 saturated heterocycles. The van der Waals surface area contributed by atoms with Gasteiger partial charge in [0.15, 0.2) is 0 Å². The highest BCUT2D eigenvalue weighted by Gasteiger charge is 2.43. The second-order valence-corrected chi connectivity index (χ2v) is 7.24. The summed E-state index contributed by atoms with van der Waals surface area (Å²) in [5.41, 5.74) is 0.458. The molecule has 0 bridgehead atoms. The highest BCUT2D eigenvalue weighted by Crippen LogP contribution is 2.45. The van der Waals surface area contributed by atoms with Gasteiger partial charge in [0.1, 0.15) is 11.5 Å². The Morgan fingerprint density at radius 3 is 2.57 bits per heavy atom. The summed E-state index contributed by atoms with van der Waals surface area (Å²) in [6.45, 7) is 7.86. The van der Waals surface area contributed by atoms with Crippen molar-refractivity contribution in [2.75, 3.05) is 7.05 Å². The van der Waals surface area contributed by atoms with Crippen molar-refractivity contribution >= 4 is 10.3 Å². The molecule has 0 aromatic heterocycles. The van der Waals surface area contributed by atoms with Gasteiger partial charge in [0.05, 0.1) is 11.5 Å². The molecule has 1 aliphatic heterocycles. The zero-order valence-electron chi connectivity index (χ0n) is 12.8. The maximum Gasteiger partial charge on any atom is 0.382 e. The molecule has 0 aliphatic carbocycles. The van der Waals surface area contributed by atoms with Gasteiger partial charge in [-0.3, -0.25) is 0 Å². The zero-order chi connectivity index (χ0) is 15.8. The first-order valence-electron chi connectivity index (χ1n) is 6.75. The number of nitrogens with one attached hydrogen (secondary N) is 1. The maximum atomic E-state index is 11.5. The molecule has 0 saturated carbocycles. The Hall–Kier alpha value is -1.31. The van der Waals surface area contributed by atoms with Gasteiger partial charge in [-0.1, -0.05) is 0 Å². The summed E-state index contributed by atoms with van der Waals surface area (Å²) in [4.78, 5) is 0. The van der Waals surface area contributed by atoms with Crippen LogP contribution in [0.25, 0.3) is 0 Å². The molecule has 1 N–H and O–H groups in total. The first-order chi connectivity index (χ1) is 9.65. The van der Waals surface area contributed by atoms with Gasteiger partial charge >= 0.3 is 10.3 Å². The van der Waals surface area contributed by atoms with E-state index in [4.69, 9.17) is 13.7 Å². The lowest BCUT2D eigenvalue weighted by Gasteiger charge is -2.27. The molecule has 6 nitrogen and oxygen atoms in total. The van der Waals surface area contributed by atoms with Crippen molar-refractivity contribution in [2.24, 2.45) is 0 Å². The van der Waals surface area contributed by atoms with E-state index in [9.17, 15) is 8.42 Å². The largest absolute Gasteiger partial charge is 0.464 e. The second-order valence-electron chi connectivity index (χ2n) is 5.76. The van der Waals surface area contributed by atoms with Crippen LogP contribution in [0.2, 0.25) is 0 Å². The molecule has 0 fully saturated rings. The second kappa shape index (κ2) is 5.47. The summed E-state index contributed by atoms with van der Waals surface area (Å²) in [7, 11) is -2.49. The van der Waals surface area contributed by atoms with Crippen molar-refractivity contribution in [2.45, 2.75) is 45.5 Å². The van der Waals surface area contributed by atoms with Crippen LogP contribution >= 0.6 is 0 Å². The van der Waals surface area contributed by atoms with Gasteiger partial charge in [-0.05, 0) is 45.9 Å². The summed E-state index contributed by atoms with van der Waals surface area (Å²) in [5.74, 6) is 0.921. The van der Waals surface area contributed by atoms with Crippen LogP contribution in [0.15, 0.2) is 18.2 Å². The van der Waals surface area contributed by atoms with Crippen molar-refractivity contribution in [3.05, 3.63) is 23.8 Å². The number of fused-ring (bicyclic) bond motifs is 1. The number of benzene rings is 1. The minimum atomic E-state index is -3.78. The van der Waals surface area contributed by atoms with Gasteiger partial charge in [0.2, 0.25) is 6.29 Å². The van der Waals surface area contributed by atoms with E-state index in [1.165, 1.54) is 7.05 Å². The molecule has 0 radical (unpaired) electrons. The van der Waals surface area contributed by atoms with Crippen LogP contribution in [0.3, 0.4) is 0 Å². The Balaban J connectivity index is 2.31. The molecule has 2 rings (SSSR count). The molecule has 1 heterocycles. The molecule has 21 heavy (non-hydrogen) atoms. The van der Waals surface area contributed by atoms with Gasteiger partial charge in [-0.2, -0.15) is 13.1 Å². The summed E-state index contributed by atoms with van der Waals surface area (Å²) in [6, 6.07) is 4.93. The molecule has 1 atom stereocenters. The number of ether oxygens (including phenoxy) is 2. The van der Waals surface area contributed by atoms with Crippen LogP contribution in [0.4, 0.5) is 0 Å². The molecule has 1 aromatic carbocycles. The summed E-state index contributed by atoms with van der Waals surface area (Å²) < 4.78 is 41.5. The lowest BCUT2D eigenvalue weighted by molar-refractivity contribution is -0.128. The molecule has 1 aromatic rings. The fraction of sp³-hybridized carbons (Fsp3) is 0.571. The molecule has 7 heteroatoms. The fourth-order valence-electron chi connectivity index (χ4n) is 2.17. The Morgan fingerprint density at radius 2 is 2.00 bits per heavy atom. The highest BCUT2D eigenvalue weighted by atomic mass is 32.2. The first kappa shape index (κ1) is 16.1. The summed E-state index contributed by atoms with van der Waals surface area (Å²) >= 11 is 0. The van der Waals surface area contributed by atoms with Crippen molar-refractivity contribution in [3.8, 4) is 11.5 Å². The number of hydrogen-bond donors (Lipinski definition) is 1. The van der Waals surface area contributed by atoms with E-state index in [1.807, 2.05) is 27.7 Å². The van der Waals surface area contributed by atoms with E-state index in [-0.39, 0.29) is 11.9 Å². The van der Waals surface area contributed by atoms with Crippen LogP contribution in [0, 0.1) is 0 Å². The van der Waals surface area contributed by atoms with E-state index in [0.717, 1.165) is 5.56 Å². The van der Waals surface area contributed by atoms with Crippen LogP contribution in [-0.2, 0) is 20.5 Å². The van der Waals surface area contributed by atoms with Crippen molar-refractivity contribution in [3.63, 3.8) is 0 Å². The van der Waals surface area contributed by atoms with Crippen molar-refractivity contribution in [1.82, 2.24) is 4.72 Å². The third-order valence-corrected chi connectivity index (χ3v) is 4.23. The molecule has 1 unspecified atom stereocenters. The Labute approximate surface area is 125 Å². The normalized spacial score (nSPS) is 20.2. The summed E-state index contributed by atoms with van der Waals surface area (Å²) in [6.07, 6.45) is -0.382. The van der Waals surface area contributed by atoms with Gasteiger partial charge < -0.3 is 13.7 Å². The predicted molar refractivity (Wildman–Crippen MR) is 78.7 cm³/mol. The Morgan fingerprint density at radius 1 is 1.33 bits per heavy atom. The van der Waals surface area contributed by atoms with E-state index in [2.05, 4.69) is 4.72 Å². The molecular weight excluding hydrogens is 294 g/mol. The lowest BCUT2D eigenvalue weighted by Crippen LogP contribution is -2.36. The van der Waals surface area contributed by atoms with Crippen molar-refractivity contribution in [1.29, 1.82) is 0 Å². The van der Waals surface area contributed by atoms with Gasteiger partial charge in [-0.25, -0.2) is 0 Å². The van der Waals surface area contributed by atoms with Crippen LogP contribution in [0.5, 0.6) is 11.5 Å². The predicted octanol–water partition coefficient (Wildman–Crippen LogP) is 1.95. The smallest absolute Gasteiger partial charge is 0.382 e. The van der Waals surface area contributed by atoms with E-state index in [0.29, 0.717) is 5.75 Å². The topological polar surface area (TPSA) is 73.9 Å². The van der Waals surface area contributed by atoms with Crippen molar-refractivity contribution < 1.29 is 22.1 Å². The standard InChI is InChI=1S/C14H21NO5S/c1-9(2)18-13-14(3,4)11-8-10(6-7-12(11)19-13)20-21(16,17)15-5/h6-9,13,15H,1-5H3. The quantitative estimate of drug-likeness (QED) is 0.899. The minimum Gasteiger partial charge on any atom is -0.464 e. The Bertz CT molecular complexity index is 624. The third-order valence-electron chi connectivity index (χ3n) is 3.32. The number of rotatable bonds is 5. The van der Waals surface area contributed by atoms with Crippen LogP contribution in [0.1, 0.15) is 33.3 Å². The monoisotopic (exact) mass is 315 g/mol. The summed E-state index contributed by atoms with van der Waals surface area (Å²) in [5, 5.41) is 0. The molecular formula is C14H21NO5S. The first-order valence-corrected chi connectivity index (χ1v) is 8.16. The third kappa shape index (κ3) is 3.30. The highest BCUT2D eigenvalue weighted by molar-refractivity contribution is 7.85. The van der Waals surface area contributed by atoms with E-state index >= 15 is 0 Å². The lowest BCUT2D eigenvalue weighted by atomic mass is 9.85. The van der Waals surface area contributed by atoms with Gasteiger partial charge in [-0.15, -0.1) is 0 Å². The average Bonchev–Trinajstić information content (AvgIpc) is 2.61. The SMILES string of the molecule is CNS(=O)(=O)Oc1ccc2c(c1)C(C)(C)C(OC(C)C)O2. The van der Waals surface area contributed by atoms with E-state index in [1.54, 1.807) is 18.2 Å². The molecule has 118 valence electrons. The molecule has 1 aliphatic rings. The van der Waals surface area contributed by atoms with E-state index < -0.39 is 22.0 Å². The molecule has 0 spiro atoms. The average molecular weight is 315 g/mol. The minimum absolute atomic E-state index is 0.0315. The number of hydrogen-bond acceptors (Lipinski definition) is 5. The van der Waals surface area contributed by atoms with Crippen LogP contribution < -0.4 is 13.6 Å². The Kier molecular flexibility index (Phi) is 4.19. The van der Waals surface area contributed by atoms with Gasteiger partial charge in [0.25, 0.3) is 0 Å². The zero-order valence-corrected chi connectivity index (χ0v) is 13.7.